The van der Waals surface area contributed by atoms with E-state index in [1.165, 1.54) is 0 Å². The number of nitrogens with two attached hydrogens (primary N) is 1. The van der Waals surface area contributed by atoms with Crippen molar-refractivity contribution in [3.8, 4) is 5.69 Å². The van der Waals surface area contributed by atoms with Crippen LogP contribution in [0.1, 0.15) is 19.0 Å². The molecule has 1 atom stereocenters. The Kier molecular flexibility index (Phi) is 4.90. The number of rotatable bonds is 6. The number of carbonyl (C=O) groups excluding carboxylic acids is 1. The van der Waals surface area contributed by atoms with Gasteiger partial charge in [-0.25, -0.2) is 4.68 Å². The maximum Gasteiger partial charge on any atom is 0.221 e. The monoisotopic (exact) mass is 272 g/mol. The smallest absolute Gasteiger partial charge is 0.221 e. The fraction of sp³-hybridized carbons (Fsp3) is 0.333. The molecule has 1 aromatic carbocycles. The Morgan fingerprint density at radius 1 is 1.35 bits per heavy atom. The number of hydrogen-bond acceptors (Lipinski definition) is 3. The molecule has 1 unspecified atom stereocenters. The Hall–Kier alpha value is -2.14. The van der Waals surface area contributed by atoms with Crippen molar-refractivity contribution in [1.82, 2.24) is 15.1 Å². The molecule has 1 amide bonds. The van der Waals surface area contributed by atoms with Crippen LogP contribution in [0.4, 0.5) is 0 Å². The highest BCUT2D eigenvalue weighted by Gasteiger charge is 2.05. The molecule has 0 aliphatic rings. The Morgan fingerprint density at radius 2 is 2.10 bits per heavy atom. The molecule has 0 aliphatic heterocycles. The van der Waals surface area contributed by atoms with Crippen LogP contribution in [-0.4, -0.2) is 28.3 Å². The van der Waals surface area contributed by atoms with Crippen LogP contribution in [0.15, 0.2) is 42.6 Å². The Balaban J connectivity index is 1.83. The number of hydrogen-bond donors (Lipinski definition) is 2. The van der Waals surface area contributed by atoms with Crippen molar-refractivity contribution in [1.29, 1.82) is 0 Å². The van der Waals surface area contributed by atoms with Gasteiger partial charge >= 0.3 is 0 Å². The molecule has 0 bridgehead atoms. The lowest BCUT2D eigenvalue weighted by Gasteiger charge is -2.06. The lowest BCUT2D eigenvalue weighted by Crippen LogP contribution is -2.31. The number of nitrogens with one attached hydrogen (secondary N) is 1. The minimum absolute atomic E-state index is 0.0116. The number of carbonyl (C=O) groups is 1. The van der Waals surface area contributed by atoms with Gasteiger partial charge in [0.1, 0.15) is 0 Å². The molecule has 0 aliphatic carbocycles. The van der Waals surface area contributed by atoms with Gasteiger partial charge in [0.15, 0.2) is 0 Å². The molecule has 3 N–H and O–H groups in total. The fourth-order valence-corrected chi connectivity index (χ4v) is 1.91. The number of benzene rings is 1. The average Bonchev–Trinajstić information content (AvgIpc) is 2.88. The number of amides is 1. The van der Waals surface area contributed by atoms with E-state index >= 15 is 0 Å². The van der Waals surface area contributed by atoms with Crippen molar-refractivity contribution in [2.24, 2.45) is 5.73 Å². The standard InChI is InChI=1S/C15H20N4O/c1-12(16)11-15(20)17-9-7-13-8-10-19(18-13)14-5-3-2-4-6-14/h2-6,8,10,12H,7,9,11,16H2,1H3,(H,17,20). The summed E-state index contributed by atoms with van der Waals surface area (Å²) in [6.07, 6.45) is 3.00. The van der Waals surface area contributed by atoms with E-state index in [4.69, 9.17) is 5.73 Å². The van der Waals surface area contributed by atoms with Gasteiger partial charge in [0.2, 0.25) is 5.91 Å². The van der Waals surface area contributed by atoms with Gasteiger partial charge in [-0.1, -0.05) is 18.2 Å². The van der Waals surface area contributed by atoms with Crippen molar-refractivity contribution >= 4 is 5.91 Å². The summed E-state index contributed by atoms with van der Waals surface area (Å²) in [7, 11) is 0. The fourth-order valence-electron chi connectivity index (χ4n) is 1.91. The molecule has 5 nitrogen and oxygen atoms in total. The molecule has 1 heterocycles. The summed E-state index contributed by atoms with van der Waals surface area (Å²) in [5.74, 6) is -0.0116. The SMILES string of the molecule is CC(N)CC(=O)NCCc1ccn(-c2ccccc2)n1. The van der Waals surface area contributed by atoms with Crippen LogP contribution in [0.2, 0.25) is 0 Å². The van der Waals surface area contributed by atoms with Gasteiger partial charge in [-0.2, -0.15) is 5.10 Å². The van der Waals surface area contributed by atoms with Crippen molar-refractivity contribution in [3.63, 3.8) is 0 Å². The molecule has 0 saturated heterocycles. The van der Waals surface area contributed by atoms with E-state index in [2.05, 4.69) is 10.4 Å². The van der Waals surface area contributed by atoms with E-state index in [-0.39, 0.29) is 11.9 Å². The molecule has 2 aromatic rings. The van der Waals surface area contributed by atoms with E-state index in [9.17, 15) is 4.79 Å². The van der Waals surface area contributed by atoms with Crippen molar-refractivity contribution < 1.29 is 4.79 Å². The van der Waals surface area contributed by atoms with Gasteiger partial charge in [-0.3, -0.25) is 4.79 Å². The van der Waals surface area contributed by atoms with Gasteiger partial charge in [0.05, 0.1) is 11.4 Å². The molecule has 20 heavy (non-hydrogen) atoms. The van der Waals surface area contributed by atoms with E-state index < -0.39 is 0 Å². The highest BCUT2D eigenvalue weighted by molar-refractivity contribution is 5.76. The largest absolute Gasteiger partial charge is 0.356 e. The quantitative estimate of drug-likeness (QED) is 0.831. The first kappa shape index (κ1) is 14.3. The first-order chi connectivity index (χ1) is 9.65. The van der Waals surface area contributed by atoms with E-state index in [0.29, 0.717) is 19.4 Å². The number of para-hydroxylation sites is 1. The van der Waals surface area contributed by atoms with Crippen LogP contribution in [0, 0.1) is 0 Å². The van der Waals surface area contributed by atoms with Crippen LogP contribution in [0.3, 0.4) is 0 Å². The van der Waals surface area contributed by atoms with Gasteiger partial charge in [0, 0.05) is 31.6 Å². The van der Waals surface area contributed by atoms with E-state index in [0.717, 1.165) is 11.4 Å². The molecule has 0 fully saturated rings. The predicted octanol–water partition coefficient (Wildman–Crippen LogP) is 1.27. The van der Waals surface area contributed by atoms with Crippen molar-refractivity contribution in [2.75, 3.05) is 6.54 Å². The third-order valence-electron chi connectivity index (χ3n) is 2.88. The summed E-state index contributed by atoms with van der Waals surface area (Å²) < 4.78 is 1.83. The molecule has 5 heteroatoms. The van der Waals surface area contributed by atoms with Crippen LogP contribution < -0.4 is 11.1 Å². The van der Waals surface area contributed by atoms with Crippen LogP contribution >= 0.6 is 0 Å². The molecule has 0 radical (unpaired) electrons. The summed E-state index contributed by atoms with van der Waals surface area (Å²) in [5.41, 5.74) is 7.55. The lowest BCUT2D eigenvalue weighted by atomic mass is 10.2. The zero-order valence-corrected chi connectivity index (χ0v) is 11.6. The molecule has 0 saturated carbocycles. The number of nitrogens with zero attached hydrogens (tertiary/aromatic N) is 2. The third-order valence-corrected chi connectivity index (χ3v) is 2.88. The minimum Gasteiger partial charge on any atom is -0.356 e. The third kappa shape index (κ3) is 4.20. The molecule has 2 rings (SSSR count). The van der Waals surface area contributed by atoms with Crippen molar-refractivity contribution in [3.05, 3.63) is 48.3 Å². The Labute approximate surface area is 118 Å². The van der Waals surface area contributed by atoms with Crippen LogP contribution in [0.25, 0.3) is 5.69 Å². The lowest BCUT2D eigenvalue weighted by molar-refractivity contribution is -0.121. The highest BCUT2D eigenvalue weighted by Crippen LogP contribution is 2.06. The summed E-state index contributed by atoms with van der Waals surface area (Å²) in [5, 5.41) is 7.32. The first-order valence-electron chi connectivity index (χ1n) is 6.77. The van der Waals surface area contributed by atoms with E-state index in [1.54, 1.807) is 0 Å². The summed E-state index contributed by atoms with van der Waals surface area (Å²) in [6.45, 7) is 2.40. The second kappa shape index (κ2) is 6.86. The topological polar surface area (TPSA) is 72.9 Å². The average molecular weight is 272 g/mol. The minimum atomic E-state index is -0.104. The van der Waals surface area contributed by atoms with Gasteiger partial charge < -0.3 is 11.1 Å². The molecular formula is C15H20N4O. The zero-order valence-electron chi connectivity index (χ0n) is 11.6. The van der Waals surface area contributed by atoms with Crippen molar-refractivity contribution in [2.45, 2.75) is 25.8 Å². The predicted molar refractivity (Wildman–Crippen MR) is 78.5 cm³/mol. The molecule has 106 valence electrons. The maximum absolute atomic E-state index is 11.5. The van der Waals surface area contributed by atoms with Gasteiger partial charge in [-0.05, 0) is 25.1 Å². The Morgan fingerprint density at radius 3 is 2.80 bits per heavy atom. The molecule has 1 aromatic heterocycles. The van der Waals surface area contributed by atoms with E-state index in [1.807, 2.05) is 54.2 Å². The normalized spacial score (nSPS) is 12.1. The zero-order chi connectivity index (χ0) is 14.4. The second-order valence-corrected chi connectivity index (χ2v) is 4.87. The molecule has 0 spiro atoms. The van der Waals surface area contributed by atoms with Gasteiger partial charge in [0.25, 0.3) is 0 Å². The summed E-state index contributed by atoms with van der Waals surface area (Å²) in [4.78, 5) is 11.5. The van der Waals surface area contributed by atoms with Crippen LogP contribution in [0.5, 0.6) is 0 Å². The summed E-state index contributed by atoms with van der Waals surface area (Å²) >= 11 is 0. The first-order valence-corrected chi connectivity index (χ1v) is 6.77. The highest BCUT2D eigenvalue weighted by atomic mass is 16.1. The maximum atomic E-state index is 11.5. The number of aromatic nitrogens is 2. The summed E-state index contributed by atoms with van der Waals surface area (Å²) in [6, 6.07) is 11.8. The Bertz CT molecular complexity index is 548. The molecular weight excluding hydrogens is 252 g/mol. The van der Waals surface area contributed by atoms with Gasteiger partial charge in [-0.15, -0.1) is 0 Å². The van der Waals surface area contributed by atoms with Crippen LogP contribution in [-0.2, 0) is 11.2 Å². The second-order valence-electron chi connectivity index (χ2n) is 4.87.